The monoisotopic (exact) mass is 311 g/mol. The number of hydrogen-bond acceptors (Lipinski definition) is 4. The molecule has 0 aliphatic carbocycles. The lowest BCUT2D eigenvalue weighted by Crippen LogP contribution is -2.36. The summed E-state index contributed by atoms with van der Waals surface area (Å²) in [5.41, 5.74) is 7.97. The van der Waals surface area contributed by atoms with E-state index >= 15 is 0 Å². The van der Waals surface area contributed by atoms with Crippen LogP contribution >= 0.6 is 0 Å². The first-order valence-corrected chi connectivity index (χ1v) is 8.62. The zero-order chi connectivity index (χ0) is 15.9. The number of sulfonamides is 1. The summed E-state index contributed by atoms with van der Waals surface area (Å²) in [6, 6.07) is 3.78. The number of aryl methyl sites for hydroxylation is 1. The Morgan fingerprint density at radius 1 is 1.24 bits per heavy atom. The van der Waals surface area contributed by atoms with Crippen molar-refractivity contribution >= 4 is 15.7 Å². The van der Waals surface area contributed by atoms with Gasteiger partial charge in [0.2, 0.25) is 10.0 Å². The molecule has 0 saturated carbocycles. The third-order valence-corrected chi connectivity index (χ3v) is 6.32. The van der Waals surface area contributed by atoms with Gasteiger partial charge in [0.05, 0.1) is 4.90 Å². The summed E-state index contributed by atoms with van der Waals surface area (Å²) in [4.78, 5) is 2.43. The number of anilines is 1. The molecule has 1 heterocycles. The van der Waals surface area contributed by atoms with Gasteiger partial charge in [-0.15, -0.1) is 0 Å². The van der Waals surface area contributed by atoms with Crippen LogP contribution in [0.2, 0.25) is 0 Å². The van der Waals surface area contributed by atoms with Gasteiger partial charge in [0.25, 0.3) is 0 Å². The third kappa shape index (κ3) is 2.93. The molecule has 1 aromatic rings. The second-order valence-corrected chi connectivity index (χ2v) is 8.21. The Morgan fingerprint density at radius 3 is 2.38 bits per heavy atom. The molecule has 0 spiro atoms. The highest BCUT2D eigenvalue weighted by Gasteiger charge is 2.38. The van der Waals surface area contributed by atoms with Crippen LogP contribution in [0.1, 0.15) is 18.1 Å². The number of benzene rings is 1. The molecule has 0 amide bonds. The largest absolute Gasteiger partial charge is 0.398 e. The first-order chi connectivity index (χ1) is 9.64. The van der Waals surface area contributed by atoms with Gasteiger partial charge in [-0.2, -0.15) is 4.31 Å². The zero-order valence-corrected chi connectivity index (χ0v) is 14.2. The van der Waals surface area contributed by atoms with Gasteiger partial charge in [-0.25, -0.2) is 8.42 Å². The summed E-state index contributed by atoms with van der Waals surface area (Å²) < 4.78 is 27.4. The van der Waals surface area contributed by atoms with E-state index in [4.69, 9.17) is 5.73 Å². The van der Waals surface area contributed by atoms with Crippen molar-refractivity contribution < 1.29 is 8.42 Å². The van der Waals surface area contributed by atoms with Crippen molar-refractivity contribution in [2.24, 2.45) is 5.92 Å². The summed E-state index contributed by atoms with van der Waals surface area (Å²) in [5, 5.41) is 0. The van der Waals surface area contributed by atoms with Crippen molar-refractivity contribution in [3.63, 3.8) is 0 Å². The van der Waals surface area contributed by atoms with Crippen LogP contribution in [0.4, 0.5) is 5.69 Å². The average Bonchev–Trinajstić information content (AvgIpc) is 2.76. The molecule has 2 atom stereocenters. The maximum Gasteiger partial charge on any atom is 0.243 e. The number of nitrogens with two attached hydrogens (primary N) is 1. The number of rotatable bonds is 3. The first-order valence-electron chi connectivity index (χ1n) is 7.18. The SMILES string of the molecule is Cc1cc(N)c(C)c(S(=O)(=O)N2CC(C)C(N(C)C)C2)c1. The molecule has 1 aromatic carbocycles. The van der Waals surface area contributed by atoms with Crippen molar-refractivity contribution in [2.45, 2.75) is 31.7 Å². The highest BCUT2D eigenvalue weighted by atomic mass is 32.2. The molecule has 1 saturated heterocycles. The first kappa shape index (κ1) is 16.3. The molecular formula is C15H25N3O2S. The predicted octanol–water partition coefficient (Wildman–Crippen LogP) is 1.46. The molecule has 0 bridgehead atoms. The van der Waals surface area contributed by atoms with E-state index in [0.717, 1.165) is 5.56 Å². The molecule has 5 nitrogen and oxygen atoms in total. The standard InChI is InChI=1S/C15H25N3O2S/c1-10-6-13(16)12(3)15(7-10)21(19,20)18-8-11(2)14(9-18)17(4)5/h6-7,11,14H,8-9,16H2,1-5H3. The van der Waals surface area contributed by atoms with Crippen LogP contribution in [0.3, 0.4) is 0 Å². The van der Waals surface area contributed by atoms with Gasteiger partial charge in [-0.05, 0) is 57.1 Å². The van der Waals surface area contributed by atoms with Crippen molar-refractivity contribution in [3.05, 3.63) is 23.3 Å². The van der Waals surface area contributed by atoms with E-state index in [0.29, 0.717) is 35.2 Å². The number of likely N-dealkylation sites (N-methyl/N-ethyl adjacent to an activating group) is 1. The summed E-state index contributed by atoms with van der Waals surface area (Å²) >= 11 is 0. The van der Waals surface area contributed by atoms with Crippen LogP contribution in [0.25, 0.3) is 0 Å². The van der Waals surface area contributed by atoms with Crippen LogP contribution in [-0.4, -0.2) is 50.8 Å². The zero-order valence-electron chi connectivity index (χ0n) is 13.4. The fourth-order valence-electron chi connectivity index (χ4n) is 3.03. The van der Waals surface area contributed by atoms with Crippen LogP contribution in [0.5, 0.6) is 0 Å². The maximum absolute atomic E-state index is 12.9. The van der Waals surface area contributed by atoms with Gasteiger partial charge < -0.3 is 10.6 Å². The molecule has 1 aliphatic heterocycles. The summed E-state index contributed by atoms with van der Waals surface area (Å²) in [6.45, 7) is 6.81. The normalized spacial score (nSPS) is 23.9. The fraction of sp³-hybridized carbons (Fsp3) is 0.600. The molecule has 1 aliphatic rings. The van der Waals surface area contributed by atoms with Crippen LogP contribution in [0, 0.1) is 19.8 Å². The second kappa shape index (κ2) is 5.59. The molecule has 0 radical (unpaired) electrons. The Kier molecular flexibility index (Phi) is 4.33. The summed E-state index contributed by atoms with van der Waals surface area (Å²) in [5.74, 6) is 0.317. The van der Waals surface area contributed by atoms with Crippen molar-refractivity contribution in [3.8, 4) is 0 Å². The van der Waals surface area contributed by atoms with Gasteiger partial charge in [0, 0.05) is 24.8 Å². The Hall–Kier alpha value is -1.11. The molecule has 2 N–H and O–H groups in total. The Balaban J connectivity index is 2.41. The molecule has 118 valence electrons. The van der Waals surface area contributed by atoms with Gasteiger partial charge >= 0.3 is 0 Å². The lowest BCUT2D eigenvalue weighted by molar-refractivity contribution is 0.263. The Morgan fingerprint density at radius 2 is 1.86 bits per heavy atom. The molecule has 2 rings (SSSR count). The minimum Gasteiger partial charge on any atom is -0.398 e. The quantitative estimate of drug-likeness (QED) is 0.858. The maximum atomic E-state index is 12.9. The van der Waals surface area contributed by atoms with E-state index in [1.807, 2.05) is 27.1 Å². The van der Waals surface area contributed by atoms with Crippen molar-refractivity contribution in [1.29, 1.82) is 0 Å². The van der Waals surface area contributed by atoms with Crippen molar-refractivity contribution in [1.82, 2.24) is 9.21 Å². The van der Waals surface area contributed by atoms with E-state index < -0.39 is 10.0 Å². The number of nitrogens with zero attached hydrogens (tertiary/aromatic N) is 2. The van der Waals surface area contributed by atoms with Gasteiger partial charge in [-0.1, -0.05) is 6.92 Å². The molecule has 0 aromatic heterocycles. The van der Waals surface area contributed by atoms with Crippen LogP contribution < -0.4 is 5.73 Å². The van der Waals surface area contributed by atoms with E-state index in [2.05, 4.69) is 11.8 Å². The number of nitrogen functional groups attached to an aromatic ring is 1. The highest BCUT2D eigenvalue weighted by Crippen LogP contribution is 2.30. The summed E-state index contributed by atoms with van der Waals surface area (Å²) in [7, 11) is 0.499. The molecular weight excluding hydrogens is 286 g/mol. The van der Waals surface area contributed by atoms with Gasteiger partial charge in [-0.3, -0.25) is 0 Å². The van der Waals surface area contributed by atoms with E-state index in [1.165, 1.54) is 0 Å². The van der Waals surface area contributed by atoms with Gasteiger partial charge in [0.1, 0.15) is 0 Å². The fourth-order valence-corrected chi connectivity index (χ4v) is 4.93. The smallest absolute Gasteiger partial charge is 0.243 e. The van der Waals surface area contributed by atoms with E-state index in [1.54, 1.807) is 17.3 Å². The summed E-state index contributed by atoms with van der Waals surface area (Å²) in [6.07, 6.45) is 0. The third-order valence-electron chi connectivity index (χ3n) is 4.36. The second-order valence-electron chi connectivity index (χ2n) is 6.31. The predicted molar refractivity (Wildman–Crippen MR) is 85.7 cm³/mol. The average molecular weight is 311 g/mol. The Bertz CT molecular complexity index is 641. The molecule has 2 unspecified atom stereocenters. The molecule has 6 heteroatoms. The minimum absolute atomic E-state index is 0.252. The van der Waals surface area contributed by atoms with Crippen LogP contribution in [0.15, 0.2) is 17.0 Å². The van der Waals surface area contributed by atoms with E-state index in [-0.39, 0.29) is 6.04 Å². The minimum atomic E-state index is -3.49. The van der Waals surface area contributed by atoms with Crippen LogP contribution in [-0.2, 0) is 10.0 Å². The molecule has 21 heavy (non-hydrogen) atoms. The van der Waals surface area contributed by atoms with Crippen molar-refractivity contribution in [2.75, 3.05) is 32.9 Å². The number of hydrogen-bond donors (Lipinski definition) is 1. The van der Waals surface area contributed by atoms with Gasteiger partial charge in [0.15, 0.2) is 0 Å². The lowest BCUT2D eigenvalue weighted by Gasteiger charge is -2.23. The lowest BCUT2D eigenvalue weighted by atomic mass is 10.1. The molecule has 1 fully saturated rings. The van der Waals surface area contributed by atoms with E-state index in [9.17, 15) is 8.42 Å². The highest BCUT2D eigenvalue weighted by molar-refractivity contribution is 7.89. The topological polar surface area (TPSA) is 66.6 Å². The Labute approximate surface area is 127 Å².